The van der Waals surface area contributed by atoms with Gasteiger partial charge in [-0.1, -0.05) is 19.3 Å². The topological polar surface area (TPSA) is 23.5 Å². The van der Waals surface area contributed by atoms with Gasteiger partial charge in [0.15, 0.2) is 0 Å². The Morgan fingerprint density at radius 1 is 1.27 bits per heavy atom. The van der Waals surface area contributed by atoms with Crippen molar-refractivity contribution in [2.24, 2.45) is 5.92 Å². The largest absolute Gasteiger partial charge is 0.391 e. The predicted molar refractivity (Wildman–Crippen MR) is 66.3 cm³/mol. The quantitative estimate of drug-likeness (QED) is 0.783. The molecule has 0 aromatic carbocycles. The van der Waals surface area contributed by atoms with Crippen LogP contribution in [0.2, 0.25) is 0 Å². The summed E-state index contributed by atoms with van der Waals surface area (Å²) in [6.07, 6.45) is 6.43. The van der Waals surface area contributed by atoms with E-state index < -0.39 is 0 Å². The molecule has 1 N–H and O–H groups in total. The first-order valence-electron chi connectivity index (χ1n) is 6.25. The highest BCUT2D eigenvalue weighted by Crippen LogP contribution is 2.30. The lowest BCUT2D eigenvalue weighted by atomic mass is 9.82. The third kappa shape index (κ3) is 2.89. The van der Waals surface area contributed by atoms with Crippen LogP contribution in [-0.2, 0) is 0 Å². The van der Waals surface area contributed by atoms with E-state index in [0.717, 1.165) is 12.3 Å². The highest BCUT2D eigenvalue weighted by molar-refractivity contribution is 7.99. The summed E-state index contributed by atoms with van der Waals surface area (Å²) in [5.74, 6) is 2.92. The van der Waals surface area contributed by atoms with Gasteiger partial charge in [0.05, 0.1) is 6.10 Å². The van der Waals surface area contributed by atoms with Gasteiger partial charge in [0, 0.05) is 24.1 Å². The molecule has 1 aliphatic carbocycles. The first-order chi connectivity index (χ1) is 7.29. The van der Waals surface area contributed by atoms with Crippen LogP contribution in [0.5, 0.6) is 0 Å². The number of likely N-dealkylation sites (N-methyl/N-ethyl adjacent to an activating group) is 1. The third-order valence-electron chi connectivity index (χ3n) is 3.97. The molecule has 2 fully saturated rings. The summed E-state index contributed by atoms with van der Waals surface area (Å²) in [6.45, 7) is 1.14. The molecule has 2 atom stereocenters. The van der Waals surface area contributed by atoms with Gasteiger partial charge in [0.1, 0.15) is 0 Å². The zero-order valence-corrected chi connectivity index (χ0v) is 10.5. The average molecular weight is 229 g/mol. The summed E-state index contributed by atoms with van der Waals surface area (Å²) >= 11 is 2.00. The molecular weight excluding hydrogens is 206 g/mol. The van der Waals surface area contributed by atoms with E-state index in [4.69, 9.17) is 0 Å². The van der Waals surface area contributed by atoms with Crippen LogP contribution in [-0.4, -0.2) is 47.3 Å². The van der Waals surface area contributed by atoms with Crippen LogP contribution < -0.4 is 0 Å². The normalized spacial score (nSPS) is 32.8. The Balaban J connectivity index is 1.89. The standard InChI is InChI=1S/C12H23NOS/c1-13-7-8-15-9-11(13)12(14)10-5-3-2-4-6-10/h10-12,14H,2-9H2,1H3. The fourth-order valence-electron chi connectivity index (χ4n) is 2.85. The third-order valence-corrected chi connectivity index (χ3v) is 5.02. The van der Waals surface area contributed by atoms with Crippen molar-refractivity contribution in [3.63, 3.8) is 0 Å². The molecule has 1 aliphatic heterocycles. The Hall–Kier alpha value is 0.270. The van der Waals surface area contributed by atoms with E-state index in [1.54, 1.807) is 0 Å². The number of rotatable bonds is 2. The van der Waals surface area contributed by atoms with Gasteiger partial charge in [0.25, 0.3) is 0 Å². The summed E-state index contributed by atoms with van der Waals surface area (Å²) in [5, 5.41) is 10.4. The molecule has 88 valence electrons. The van der Waals surface area contributed by atoms with E-state index in [1.165, 1.54) is 37.9 Å². The van der Waals surface area contributed by atoms with Gasteiger partial charge in [-0.2, -0.15) is 11.8 Å². The Labute approximate surface area is 97.4 Å². The van der Waals surface area contributed by atoms with Gasteiger partial charge >= 0.3 is 0 Å². The van der Waals surface area contributed by atoms with E-state index in [-0.39, 0.29) is 6.10 Å². The molecule has 2 unspecified atom stereocenters. The molecule has 15 heavy (non-hydrogen) atoms. The zero-order valence-electron chi connectivity index (χ0n) is 9.69. The fourth-order valence-corrected chi connectivity index (χ4v) is 4.13. The molecule has 1 heterocycles. The molecule has 2 nitrogen and oxygen atoms in total. The molecule has 0 aromatic heterocycles. The molecule has 0 bridgehead atoms. The summed E-state index contributed by atoms with van der Waals surface area (Å²) < 4.78 is 0. The Morgan fingerprint density at radius 2 is 2.00 bits per heavy atom. The van der Waals surface area contributed by atoms with Crippen LogP contribution in [0.4, 0.5) is 0 Å². The second kappa shape index (κ2) is 5.55. The van der Waals surface area contributed by atoms with E-state index in [0.29, 0.717) is 12.0 Å². The van der Waals surface area contributed by atoms with E-state index >= 15 is 0 Å². The molecule has 2 rings (SSSR count). The van der Waals surface area contributed by atoms with Crippen molar-refractivity contribution in [1.82, 2.24) is 4.90 Å². The van der Waals surface area contributed by atoms with Crippen LogP contribution in [0, 0.1) is 5.92 Å². The van der Waals surface area contributed by atoms with Crippen molar-refractivity contribution in [3.05, 3.63) is 0 Å². The Kier molecular flexibility index (Phi) is 4.35. The maximum atomic E-state index is 10.4. The predicted octanol–water partition coefficient (Wildman–Crippen LogP) is 1.97. The first-order valence-corrected chi connectivity index (χ1v) is 7.40. The Morgan fingerprint density at radius 3 is 2.67 bits per heavy atom. The molecule has 1 saturated carbocycles. The lowest BCUT2D eigenvalue weighted by Crippen LogP contribution is -2.50. The molecule has 0 radical (unpaired) electrons. The van der Waals surface area contributed by atoms with E-state index in [2.05, 4.69) is 11.9 Å². The van der Waals surface area contributed by atoms with Gasteiger partial charge in [-0.15, -0.1) is 0 Å². The fraction of sp³-hybridized carbons (Fsp3) is 1.00. The minimum absolute atomic E-state index is 0.0805. The molecule has 1 saturated heterocycles. The average Bonchev–Trinajstić information content (AvgIpc) is 2.30. The highest BCUT2D eigenvalue weighted by atomic mass is 32.2. The lowest BCUT2D eigenvalue weighted by Gasteiger charge is -2.39. The maximum Gasteiger partial charge on any atom is 0.0731 e. The summed E-state index contributed by atoms with van der Waals surface area (Å²) in [6, 6.07) is 0.409. The number of thioether (sulfide) groups is 1. The van der Waals surface area contributed by atoms with Crippen molar-refractivity contribution in [2.75, 3.05) is 25.1 Å². The van der Waals surface area contributed by atoms with E-state index in [9.17, 15) is 5.11 Å². The minimum Gasteiger partial charge on any atom is -0.391 e. The van der Waals surface area contributed by atoms with Crippen LogP contribution in [0.3, 0.4) is 0 Å². The van der Waals surface area contributed by atoms with Crippen LogP contribution in [0.15, 0.2) is 0 Å². The van der Waals surface area contributed by atoms with Crippen molar-refractivity contribution >= 4 is 11.8 Å². The monoisotopic (exact) mass is 229 g/mol. The van der Waals surface area contributed by atoms with E-state index in [1.807, 2.05) is 11.8 Å². The first kappa shape index (κ1) is 11.7. The lowest BCUT2D eigenvalue weighted by molar-refractivity contribution is 0.0168. The van der Waals surface area contributed by atoms with Crippen LogP contribution in [0.1, 0.15) is 32.1 Å². The van der Waals surface area contributed by atoms with Crippen molar-refractivity contribution < 1.29 is 5.11 Å². The van der Waals surface area contributed by atoms with Crippen molar-refractivity contribution in [2.45, 2.75) is 44.2 Å². The molecular formula is C12H23NOS. The summed E-state index contributed by atoms with van der Waals surface area (Å²) in [5.41, 5.74) is 0. The van der Waals surface area contributed by atoms with Gasteiger partial charge in [-0.3, -0.25) is 4.90 Å². The van der Waals surface area contributed by atoms with Crippen molar-refractivity contribution in [1.29, 1.82) is 0 Å². The van der Waals surface area contributed by atoms with Crippen molar-refractivity contribution in [3.8, 4) is 0 Å². The van der Waals surface area contributed by atoms with Gasteiger partial charge in [-0.05, 0) is 25.8 Å². The number of hydrogen-bond acceptors (Lipinski definition) is 3. The van der Waals surface area contributed by atoms with Gasteiger partial charge in [0.2, 0.25) is 0 Å². The molecule has 0 aromatic rings. The summed E-state index contributed by atoms with van der Waals surface area (Å²) in [7, 11) is 2.16. The van der Waals surface area contributed by atoms with Crippen LogP contribution in [0.25, 0.3) is 0 Å². The number of aliphatic hydroxyl groups is 1. The SMILES string of the molecule is CN1CCSCC1C(O)C1CCCCC1. The summed E-state index contributed by atoms with van der Waals surface area (Å²) in [4.78, 5) is 2.36. The number of hydrogen-bond donors (Lipinski definition) is 1. The second-order valence-electron chi connectivity index (χ2n) is 5.01. The second-order valence-corrected chi connectivity index (χ2v) is 6.16. The molecule has 0 amide bonds. The molecule has 3 heteroatoms. The van der Waals surface area contributed by atoms with Gasteiger partial charge < -0.3 is 5.11 Å². The number of nitrogens with zero attached hydrogens (tertiary/aromatic N) is 1. The minimum atomic E-state index is -0.0805. The van der Waals surface area contributed by atoms with Gasteiger partial charge in [-0.25, -0.2) is 0 Å². The zero-order chi connectivity index (χ0) is 10.7. The highest BCUT2D eigenvalue weighted by Gasteiger charge is 2.32. The number of aliphatic hydroxyl groups excluding tert-OH is 1. The molecule has 2 aliphatic rings. The molecule has 0 spiro atoms. The van der Waals surface area contributed by atoms with Crippen LogP contribution >= 0.6 is 11.8 Å². The smallest absolute Gasteiger partial charge is 0.0731 e. The maximum absolute atomic E-state index is 10.4. The Bertz CT molecular complexity index is 194.